The van der Waals surface area contributed by atoms with Crippen LogP contribution in [0.1, 0.15) is 206 Å². The molecule has 0 bridgehead atoms. The first-order valence-electron chi connectivity index (χ1n) is 29.4. The van der Waals surface area contributed by atoms with Gasteiger partial charge in [0.15, 0.2) is 18.9 Å². The van der Waals surface area contributed by atoms with E-state index in [1.54, 1.807) is 6.08 Å². The molecule has 0 aromatic heterocycles. The van der Waals surface area contributed by atoms with Gasteiger partial charge >= 0.3 is 0 Å². The molecule has 1 amide bonds. The number of carbonyl (C=O) groups excluding carboxylic acids is 1. The summed E-state index contributed by atoms with van der Waals surface area (Å²) in [6.45, 7) is 1.66. The maximum absolute atomic E-state index is 13.2. The van der Waals surface area contributed by atoms with E-state index in [0.29, 0.717) is 6.42 Å². The summed E-state index contributed by atoms with van der Waals surface area (Å²) in [4.78, 5) is 13.2. The molecule has 3 rings (SSSR count). The third kappa shape index (κ3) is 25.3. The molecular weight excluding hydrogens is 975 g/mol. The summed E-state index contributed by atoms with van der Waals surface area (Å²) < 4.78 is 34.1. The fourth-order valence-corrected chi connectivity index (χ4v) is 10.2. The minimum absolute atomic E-state index is 0.248. The van der Waals surface area contributed by atoms with Gasteiger partial charge in [0.2, 0.25) is 5.91 Å². The second-order valence-corrected chi connectivity index (χ2v) is 21.5. The van der Waals surface area contributed by atoms with Crippen molar-refractivity contribution in [3.8, 4) is 0 Å². The molecule has 12 N–H and O–H groups in total. The van der Waals surface area contributed by atoms with Crippen LogP contribution in [0.15, 0.2) is 12.2 Å². The molecule has 0 aliphatic carbocycles. The van der Waals surface area contributed by atoms with Crippen LogP contribution in [0.25, 0.3) is 0 Å². The molecule has 442 valence electrons. The number of aliphatic hydroxyl groups is 11. The third-order valence-corrected chi connectivity index (χ3v) is 15.1. The highest BCUT2D eigenvalue weighted by molar-refractivity contribution is 5.76. The van der Waals surface area contributed by atoms with Crippen LogP contribution in [0.2, 0.25) is 0 Å². The average molecular weight is 1080 g/mol. The summed E-state index contributed by atoms with van der Waals surface area (Å²) in [5.74, 6) is -0.277. The standard InChI is InChI=1S/C56H105NO18/c1-3-5-7-9-11-12-13-14-15-16-17-18-19-20-21-22-23-24-25-26-28-30-32-34-44(62)57-39(40(61)33-31-29-27-10-8-6-4-2)38-70-54-50(68)47(65)52(42(36-59)72-54)75-56-51(69)48(66)53(43(37-60)73-56)74-55-49(67)46(64)45(63)41(35-58)71-55/h31,33,39-43,45-56,58-61,63-69H,3-30,32,34-38H2,1-2H3,(H,57,62)/b33-31+. The maximum atomic E-state index is 13.2. The number of rotatable bonds is 43. The normalized spacial score (nSPS) is 31.2. The minimum Gasteiger partial charge on any atom is -0.394 e. The van der Waals surface area contributed by atoms with Crippen molar-refractivity contribution in [3.05, 3.63) is 12.2 Å². The highest BCUT2D eigenvalue weighted by Crippen LogP contribution is 2.33. The van der Waals surface area contributed by atoms with E-state index in [-0.39, 0.29) is 18.9 Å². The lowest BCUT2D eigenvalue weighted by Crippen LogP contribution is -2.66. The zero-order chi connectivity index (χ0) is 54.8. The van der Waals surface area contributed by atoms with E-state index < -0.39 is 124 Å². The van der Waals surface area contributed by atoms with E-state index in [1.165, 1.54) is 122 Å². The molecule has 17 unspecified atom stereocenters. The molecule has 3 saturated heterocycles. The van der Waals surface area contributed by atoms with Gasteiger partial charge in [0.1, 0.15) is 73.2 Å². The topological polar surface area (TPSA) is 307 Å². The van der Waals surface area contributed by atoms with Crippen molar-refractivity contribution in [2.24, 2.45) is 0 Å². The molecule has 0 spiro atoms. The molecule has 3 heterocycles. The molecule has 3 fully saturated rings. The molecular formula is C56H105NO18. The lowest BCUT2D eigenvalue weighted by molar-refractivity contribution is -0.379. The summed E-state index contributed by atoms with van der Waals surface area (Å²) in [7, 11) is 0. The number of nitrogens with one attached hydrogen (secondary N) is 1. The highest BCUT2D eigenvalue weighted by Gasteiger charge is 2.53. The first kappa shape index (κ1) is 67.8. The van der Waals surface area contributed by atoms with Crippen LogP contribution in [0.3, 0.4) is 0 Å². The SMILES string of the molecule is CCCCCCC/C=C/C(O)C(COC1OC(CO)C(OC2OC(CO)C(OC3OC(CO)C(O)C(O)C3O)C(O)C2O)C(O)C1O)NC(=O)CCCCCCCCCCCCCCCCCCCCCCCCC. The van der Waals surface area contributed by atoms with Gasteiger partial charge in [-0.05, 0) is 19.3 Å². The number of aliphatic hydroxyl groups excluding tert-OH is 11. The van der Waals surface area contributed by atoms with E-state index in [2.05, 4.69) is 19.2 Å². The summed E-state index contributed by atoms with van der Waals surface area (Å²) in [6.07, 6.45) is 12.5. The summed E-state index contributed by atoms with van der Waals surface area (Å²) in [5, 5.41) is 120. The van der Waals surface area contributed by atoms with Crippen molar-refractivity contribution in [2.45, 2.75) is 311 Å². The van der Waals surface area contributed by atoms with Crippen LogP contribution in [0, 0.1) is 0 Å². The fraction of sp³-hybridized carbons (Fsp3) is 0.946. The second-order valence-electron chi connectivity index (χ2n) is 21.5. The Morgan fingerprint density at radius 2 is 0.827 bits per heavy atom. The van der Waals surface area contributed by atoms with Crippen molar-refractivity contribution in [3.63, 3.8) is 0 Å². The Labute approximate surface area is 448 Å². The van der Waals surface area contributed by atoms with Crippen LogP contribution in [0.5, 0.6) is 0 Å². The van der Waals surface area contributed by atoms with Crippen molar-refractivity contribution in [1.29, 1.82) is 0 Å². The van der Waals surface area contributed by atoms with Gasteiger partial charge in [0.05, 0.1) is 38.6 Å². The Morgan fingerprint density at radius 1 is 0.467 bits per heavy atom. The van der Waals surface area contributed by atoms with Gasteiger partial charge in [-0.15, -0.1) is 0 Å². The second kappa shape index (κ2) is 40.7. The molecule has 0 saturated carbocycles. The van der Waals surface area contributed by atoms with Crippen LogP contribution in [0.4, 0.5) is 0 Å². The quantitative estimate of drug-likeness (QED) is 0.0293. The van der Waals surface area contributed by atoms with E-state index in [9.17, 15) is 61.0 Å². The molecule has 75 heavy (non-hydrogen) atoms. The number of carbonyl (C=O) groups is 1. The number of ether oxygens (including phenoxy) is 6. The van der Waals surface area contributed by atoms with E-state index in [0.717, 1.165) is 57.8 Å². The van der Waals surface area contributed by atoms with Gasteiger partial charge in [0.25, 0.3) is 0 Å². The third-order valence-electron chi connectivity index (χ3n) is 15.1. The average Bonchev–Trinajstić information content (AvgIpc) is 3.41. The number of hydrogen-bond donors (Lipinski definition) is 12. The van der Waals surface area contributed by atoms with Gasteiger partial charge in [-0.25, -0.2) is 0 Å². The molecule has 3 aliphatic heterocycles. The maximum Gasteiger partial charge on any atom is 0.220 e. The van der Waals surface area contributed by atoms with Gasteiger partial charge in [0, 0.05) is 6.42 Å². The molecule has 19 nitrogen and oxygen atoms in total. The van der Waals surface area contributed by atoms with Gasteiger partial charge in [-0.2, -0.15) is 0 Å². The lowest BCUT2D eigenvalue weighted by atomic mass is 9.96. The van der Waals surface area contributed by atoms with Gasteiger partial charge in [-0.3, -0.25) is 4.79 Å². The van der Waals surface area contributed by atoms with E-state index in [4.69, 9.17) is 28.4 Å². The van der Waals surface area contributed by atoms with Gasteiger partial charge in [-0.1, -0.05) is 193 Å². The Bertz CT molecular complexity index is 1430. The predicted octanol–water partition coefficient (Wildman–Crippen LogP) is 4.60. The van der Waals surface area contributed by atoms with Crippen LogP contribution < -0.4 is 5.32 Å². The molecule has 3 aliphatic rings. The zero-order valence-corrected chi connectivity index (χ0v) is 45.8. The van der Waals surface area contributed by atoms with E-state index >= 15 is 0 Å². The van der Waals surface area contributed by atoms with Crippen molar-refractivity contribution >= 4 is 5.91 Å². The molecule has 0 radical (unpaired) electrons. The van der Waals surface area contributed by atoms with Gasteiger partial charge < -0.3 is 89.9 Å². The largest absolute Gasteiger partial charge is 0.394 e. The Hall–Kier alpha value is -1.47. The fourth-order valence-electron chi connectivity index (χ4n) is 10.2. The molecule has 0 aromatic carbocycles. The number of amides is 1. The first-order chi connectivity index (χ1) is 36.3. The van der Waals surface area contributed by atoms with E-state index in [1.807, 2.05) is 6.08 Å². The van der Waals surface area contributed by atoms with Crippen molar-refractivity contribution in [2.75, 3.05) is 26.4 Å². The van der Waals surface area contributed by atoms with Crippen LogP contribution >= 0.6 is 0 Å². The molecule has 19 heteroatoms. The number of allylic oxidation sites excluding steroid dienone is 1. The highest BCUT2D eigenvalue weighted by atomic mass is 16.8. The summed E-state index contributed by atoms with van der Waals surface area (Å²) in [6, 6.07) is -0.964. The first-order valence-corrected chi connectivity index (χ1v) is 29.4. The summed E-state index contributed by atoms with van der Waals surface area (Å²) >= 11 is 0. The predicted molar refractivity (Wildman–Crippen MR) is 282 cm³/mol. The monoisotopic (exact) mass is 1080 g/mol. The van der Waals surface area contributed by atoms with Crippen molar-refractivity contribution in [1.82, 2.24) is 5.32 Å². The number of hydrogen-bond acceptors (Lipinski definition) is 18. The smallest absolute Gasteiger partial charge is 0.220 e. The molecule has 17 atom stereocenters. The molecule has 0 aromatic rings. The Morgan fingerprint density at radius 3 is 1.25 bits per heavy atom. The lowest BCUT2D eigenvalue weighted by Gasteiger charge is -2.48. The van der Waals surface area contributed by atoms with Crippen molar-refractivity contribution < 1.29 is 89.4 Å². The summed E-state index contributed by atoms with van der Waals surface area (Å²) in [5.41, 5.74) is 0. The Kier molecular flexibility index (Phi) is 36.8. The van der Waals surface area contributed by atoms with Crippen LogP contribution in [-0.2, 0) is 33.2 Å². The Balaban J connectivity index is 1.41. The van der Waals surface area contributed by atoms with Crippen LogP contribution in [-0.4, -0.2) is 193 Å². The number of unbranched alkanes of at least 4 members (excludes halogenated alkanes) is 27. The minimum atomic E-state index is -1.97. The zero-order valence-electron chi connectivity index (χ0n) is 45.8.